The summed E-state index contributed by atoms with van der Waals surface area (Å²) >= 11 is 0. The molecule has 0 radical (unpaired) electrons. The van der Waals surface area contributed by atoms with E-state index in [1.54, 1.807) is 7.05 Å². The van der Waals surface area contributed by atoms with Gasteiger partial charge in [-0.25, -0.2) is 8.42 Å². The van der Waals surface area contributed by atoms with Gasteiger partial charge in [0.25, 0.3) is 0 Å². The van der Waals surface area contributed by atoms with Gasteiger partial charge in [0.05, 0.1) is 6.54 Å². The first-order valence-corrected chi connectivity index (χ1v) is 10.3. The maximum atomic E-state index is 12.6. The lowest BCUT2D eigenvalue weighted by Gasteiger charge is -2.32. The smallest absolute Gasteiger partial charge is 0.492 e. The first-order valence-electron chi connectivity index (χ1n) is 8.86. The molecule has 1 saturated heterocycles. The van der Waals surface area contributed by atoms with Crippen LogP contribution in [0.3, 0.4) is 0 Å². The van der Waals surface area contributed by atoms with Crippen molar-refractivity contribution in [2.24, 2.45) is 4.99 Å². The van der Waals surface area contributed by atoms with Gasteiger partial charge in [-0.3, -0.25) is 4.99 Å². The summed E-state index contributed by atoms with van der Waals surface area (Å²) in [6.07, 6.45) is 0.519. The fourth-order valence-electron chi connectivity index (χ4n) is 2.82. The third kappa shape index (κ3) is 7.48. The zero-order valence-electron chi connectivity index (χ0n) is 16.2. The molecular formula is C17H26F3IN4O3S. The molecule has 0 spiro atoms. The van der Waals surface area contributed by atoms with Crippen LogP contribution in [0.15, 0.2) is 29.3 Å². The molecule has 1 aromatic rings. The second kappa shape index (κ2) is 11.2. The summed E-state index contributed by atoms with van der Waals surface area (Å²) in [5.41, 5.74) is -4.16. The highest BCUT2D eigenvalue weighted by Crippen LogP contribution is 2.28. The molecule has 0 aromatic heterocycles. The van der Waals surface area contributed by atoms with Crippen LogP contribution in [0.4, 0.5) is 13.2 Å². The predicted molar refractivity (Wildman–Crippen MR) is 116 cm³/mol. The molecule has 2 N–H and O–H groups in total. The molecule has 0 amide bonds. The number of benzene rings is 1. The Morgan fingerprint density at radius 2 is 1.97 bits per heavy atom. The summed E-state index contributed by atoms with van der Waals surface area (Å²) in [6, 6.07) is 7.51. The van der Waals surface area contributed by atoms with Crippen molar-refractivity contribution in [3.63, 3.8) is 0 Å². The van der Waals surface area contributed by atoms with E-state index in [0.29, 0.717) is 23.4 Å². The van der Waals surface area contributed by atoms with Gasteiger partial charge < -0.3 is 15.4 Å². The highest BCUT2D eigenvalue weighted by Gasteiger charge is 2.50. The van der Waals surface area contributed by atoms with Gasteiger partial charge in [0.1, 0.15) is 12.4 Å². The Kier molecular flexibility index (Phi) is 9.95. The van der Waals surface area contributed by atoms with Crippen molar-refractivity contribution in [1.29, 1.82) is 0 Å². The average molecular weight is 550 g/mol. The number of halogens is 4. The van der Waals surface area contributed by atoms with Crippen LogP contribution in [-0.4, -0.2) is 63.5 Å². The van der Waals surface area contributed by atoms with Crippen molar-refractivity contribution in [3.8, 4) is 5.75 Å². The number of nitrogens with zero attached hydrogens (tertiary/aromatic N) is 2. The number of rotatable bonds is 6. The van der Waals surface area contributed by atoms with Crippen LogP contribution < -0.4 is 15.4 Å². The number of ether oxygens (including phenoxy) is 1. The molecule has 1 aliphatic heterocycles. The van der Waals surface area contributed by atoms with Crippen molar-refractivity contribution in [2.45, 2.75) is 31.3 Å². The molecule has 1 heterocycles. The number of aryl methyl sites for hydroxylation is 1. The number of piperidine rings is 1. The Bertz CT molecular complexity index is 782. The monoisotopic (exact) mass is 550 g/mol. The van der Waals surface area contributed by atoms with Crippen molar-refractivity contribution in [2.75, 3.05) is 33.3 Å². The number of aliphatic imine (C=N–C) groups is 1. The molecule has 1 aromatic carbocycles. The number of nitrogens with one attached hydrogen (secondary N) is 2. The van der Waals surface area contributed by atoms with E-state index in [0.717, 1.165) is 11.3 Å². The van der Waals surface area contributed by atoms with E-state index in [1.165, 1.54) is 0 Å². The van der Waals surface area contributed by atoms with Crippen LogP contribution >= 0.6 is 24.0 Å². The van der Waals surface area contributed by atoms with Crippen LogP contribution in [-0.2, 0) is 10.0 Å². The highest BCUT2D eigenvalue weighted by atomic mass is 127. The molecule has 0 saturated carbocycles. The van der Waals surface area contributed by atoms with E-state index >= 15 is 0 Å². The fraction of sp³-hybridized carbons (Fsp3) is 0.588. The van der Waals surface area contributed by atoms with Crippen molar-refractivity contribution >= 4 is 40.0 Å². The standard InChI is InChI=1S/C17H25F3N4O3S.HI/c1-13-4-3-5-15(12-13)27-11-8-22-16(21-2)23-14-6-9-24(10-7-14)28(25,26)17(18,19)20;/h3-5,12,14H,6-11H2,1-2H3,(H2,21,22,23);1H. The fourth-order valence-corrected chi connectivity index (χ4v) is 3.80. The van der Waals surface area contributed by atoms with Crippen molar-refractivity contribution < 1.29 is 26.3 Å². The Balaban J connectivity index is 0.00000420. The van der Waals surface area contributed by atoms with Crippen LogP contribution in [0.25, 0.3) is 0 Å². The maximum Gasteiger partial charge on any atom is 0.511 e. The van der Waals surface area contributed by atoms with Crippen LogP contribution in [0.5, 0.6) is 5.75 Å². The second-order valence-electron chi connectivity index (χ2n) is 6.43. The molecule has 0 atom stereocenters. The lowest BCUT2D eigenvalue weighted by Crippen LogP contribution is -2.52. The summed E-state index contributed by atoms with van der Waals surface area (Å²) in [7, 11) is -3.68. The Morgan fingerprint density at radius 3 is 2.52 bits per heavy atom. The molecule has 29 heavy (non-hydrogen) atoms. The van der Waals surface area contributed by atoms with E-state index in [1.807, 2.05) is 31.2 Å². The van der Waals surface area contributed by atoms with Gasteiger partial charge in [0.15, 0.2) is 5.96 Å². The van der Waals surface area contributed by atoms with Crippen LogP contribution in [0, 0.1) is 6.92 Å². The van der Waals surface area contributed by atoms with Gasteiger partial charge in [0, 0.05) is 26.2 Å². The Morgan fingerprint density at radius 1 is 1.31 bits per heavy atom. The summed E-state index contributed by atoms with van der Waals surface area (Å²) in [5, 5.41) is 6.17. The molecule has 0 bridgehead atoms. The normalized spacial score (nSPS) is 16.8. The molecule has 1 fully saturated rings. The summed E-state index contributed by atoms with van der Waals surface area (Å²) in [6.45, 7) is 2.49. The minimum atomic E-state index is -5.26. The van der Waals surface area contributed by atoms with Crippen molar-refractivity contribution in [3.05, 3.63) is 29.8 Å². The molecule has 0 unspecified atom stereocenters. The minimum absolute atomic E-state index is 0. The van der Waals surface area contributed by atoms with Gasteiger partial charge in [-0.1, -0.05) is 12.1 Å². The topological polar surface area (TPSA) is 83.0 Å². The SMILES string of the molecule is CN=C(NCCOc1cccc(C)c1)NC1CCN(S(=O)(=O)C(F)(F)F)CC1.I. The number of hydrogen-bond acceptors (Lipinski definition) is 4. The first-order chi connectivity index (χ1) is 13.1. The molecule has 1 aliphatic rings. The summed E-state index contributed by atoms with van der Waals surface area (Å²) in [4.78, 5) is 4.07. The third-order valence-corrected chi connectivity index (χ3v) is 5.93. The van der Waals surface area contributed by atoms with Gasteiger partial charge in [-0.2, -0.15) is 17.5 Å². The summed E-state index contributed by atoms with van der Waals surface area (Å²) < 4.78 is 66.8. The lowest BCUT2D eigenvalue weighted by molar-refractivity contribution is -0.0494. The number of sulfonamides is 1. The minimum Gasteiger partial charge on any atom is -0.492 e. The van der Waals surface area contributed by atoms with Crippen LogP contribution in [0.2, 0.25) is 0 Å². The zero-order chi connectivity index (χ0) is 20.8. The van der Waals surface area contributed by atoms with E-state index in [9.17, 15) is 21.6 Å². The highest BCUT2D eigenvalue weighted by molar-refractivity contribution is 14.0. The summed E-state index contributed by atoms with van der Waals surface area (Å²) in [5.74, 6) is 1.26. The largest absolute Gasteiger partial charge is 0.511 e. The average Bonchev–Trinajstić information content (AvgIpc) is 2.63. The molecule has 7 nitrogen and oxygen atoms in total. The molecule has 2 rings (SSSR count). The van der Waals surface area contributed by atoms with Crippen molar-refractivity contribution in [1.82, 2.24) is 14.9 Å². The maximum absolute atomic E-state index is 12.6. The quantitative estimate of drug-likeness (QED) is 0.246. The number of alkyl halides is 3. The van der Waals surface area contributed by atoms with E-state index in [4.69, 9.17) is 4.74 Å². The number of guanidine groups is 1. The number of hydrogen-bond donors (Lipinski definition) is 2. The third-order valence-electron chi connectivity index (χ3n) is 4.30. The zero-order valence-corrected chi connectivity index (χ0v) is 19.3. The van der Waals surface area contributed by atoms with E-state index in [2.05, 4.69) is 15.6 Å². The molecular weight excluding hydrogens is 524 g/mol. The van der Waals surface area contributed by atoms with E-state index < -0.39 is 15.5 Å². The van der Waals surface area contributed by atoms with Crippen LogP contribution in [0.1, 0.15) is 18.4 Å². The van der Waals surface area contributed by atoms with Gasteiger partial charge in [-0.05, 0) is 37.5 Å². The van der Waals surface area contributed by atoms with Gasteiger partial charge >= 0.3 is 15.5 Å². The molecule has 12 heteroatoms. The van der Waals surface area contributed by atoms with E-state index in [-0.39, 0.29) is 55.9 Å². The predicted octanol–water partition coefficient (Wildman–Crippen LogP) is 2.47. The molecule has 166 valence electrons. The lowest BCUT2D eigenvalue weighted by atomic mass is 10.1. The Labute approximate surface area is 186 Å². The van der Waals surface area contributed by atoms with Gasteiger partial charge in [-0.15, -0.1) is 24.0 Å². The van der Waals surface area contributed by atoms with Gasteiger partial charge in [0.2, 0.25) is 0 Å². The second-order valence-corrected chi connectivity index (χ2v) is 8.36. The molecule has 0 aliphatic carbocycles. The Hall–Kier alpha value is -1.28. The first kappa shape index (κ1) is 25.8.